The molecule has 1 aliphatic heterocycles. The molecule has 0 aliphatic carbocycles. The summed E-state index contributed by atoms with van der Waals surface area (Å²) in [5, 5.41) is 4.13. The van der Waals surface area contributed by atoms with Crippen LogP contribution in [0.2, 0.25) is 10.0 Å². The van der Waals surface area contributed by atoms with Crippen LogP contribution in [-0.2, 0) is 11.3 Å². The minimum atomic E-state index is -0.408. The van der Waals surface area contributed by atoms with Crippen molar-refractivity contribution in [3.05, 3.63) is 63.6 Å². The van der Waals surface area contributed by atoms with Gasteiger partial charge in [0.05, 0.1) is 12.7 Å². The normalized spacial score (nSPS) is 14.6. The van der Waals surface area contributed by atoms with E-state index in [4.69, 9.17) is 23.2 Å². The van der Waals surface area contributed by atoms with Crippen LogP contribution in [0.25, 0.3) is 0 Å². The predicted octanol–water partition coefficient (Wildman–Crippen LogP) is 4.13. The summed E-state index contributed by atoms with van der Waals surface area (Å²) in [5.41, 5.74) is 2.10. The molecule has 2 aromatic carbocycles. The lowest BCUT2D eigenvalue weighted by Gasteiger charge is -2.34. The predicted molar refractivity (Wildman–Crippen MR) is 110 cm³/mol. The van der Waals surface area contributed by atoms with Crippen molar-refractivity contribution in [3.63, 3.8) is 0 Å². The summed E-state index contributed by atoms with van der Waals surface area (Å²) < 4.78 is 4.66. The van der Waals surface area contributed by atoms with Crippen LogP contribution in [0.5, 0.6) is 0 Å². The molecular weight excluding hydrogens is 401 g/mol. The summed E-state index contributed by atoms with van der Waals surface area (Å²) in [6.07, 6.45) is 0. The maximum Gasteiger partial charge on any atom is 0.337 e. The number of amides is 2. The SMILES string of the molecule is COC(=O)c1ccc(NC(=O)N2CCN(Cc3ccc(Cl)cc3Cl)CC2)cc1. The standard InChI is InChI=1S/C20H21Cl2N3O3/c1-28-19(26)14-3-6-17(7-4-14)23-20(27)25-10-8-24(9-11-25)13-15-2-5-16(21)12-18(15)22/h2-7,12H,8-11,13H2,1H3,(H,23,27). The molecular formula is C20H21Cl2N3O3. The molecule has 1 aliphatic rings. The summed E-state index contributed by atoms with van der Waals surface area (Å²) in [6, 6.07) is 12.0. The van der Waals surface area contributed by atoms with Crippen LogP contribution >= 0.6 is 23.2 Å². The van der Waals surface area contributed by atoms with Crippen LogP contribution in [0.3, 0.4) is 0 Å². The van der Waals surface area contributed by atoms with Gasteiger partial charge in [-0.1, -0.05) is 29.3 Å². The Morgan fingerprint density at radius 2 is 1.71 bits per heavy atom. The second kappa shape index (κ2) is 9.28. The van der Waals surface area contributed by atoms with Gasteiger partial charge in [0.25, 0.3) is 0 Å². The number of piperazine rings is 1. The van der Waals surface area contributed by atoms with Crippen molar-refractivity contribution in [2.24, 2.45) is 0 Å². The summed E-state index contributed by atoms with van der Waals surface area (Å²) in [4.78, 5) is 28.0. The lowest BCUT2D eigenvalue weighted by atomic mass is 10.2. The molecule has 0 aromatic heterocycles. The Hall–Kier alpha value is -2.28. The van der Waals surface area contributed by atoms with E-state index in [1.807, 2.05) is 12.1 Å². The van der Waals surface area contributed by atoms with Gasteiger partial charge >= 0.3 is 12.0 Å². The highest BCUT2D eigenvalue weighted by molar-refractivity contribution is 6.35. The number of methoxy groups -OCH3 is 1. The average Bonchev–Trinajstić information content (AvgIpc) is 2.70. The molecule has 0 radical (unpaired) electrons. The fraction of sp³-hybridized carbons (Fsp3) is 0.300. The maximum absolute atomic E-state index is 12.5. The molecule has 28 heavy (non-hydrogen) atoms. The van der Waals surface area contributed by atoms with Crippen molar-refractivity contribution < 1.29 is 14.3 Å². The summed E-state index contributed by atoms with van der Waals surface area (Å²) in [6.45, 7) is 3.48. The third kappa shape index (κ3) is 5.16. The van der Waals surface area contributed by atoms with Crippen LogP contribution in [-0.4, -0.2) is 55.1 Å². The average molecular weight is 422 g/mol. The highest BCUT2D eigenvalue weighted by atomic mass is 35.5. The van der Waals surface area contributed by atoms with Gasteiger partial charge in [0.1, 0.15) is 0 Å². The first-order valence-corrected chi connectivity index (χ1v) is 9.62. The van der Waals surface area contributed by atoms with Crippen molar-refractivity contribution in [1.82, 2.24) is 9.80 Å². The summed E-state index contributed by atoms with van der Waals surface area (Å²) in [7, 11) is 1.33. The molecule has 148 valence electrons. The highest BCUT2D eigenvalue weighted by Gasteiger charge is 2.21. The van der Waals surface area contributed by atoms with E-state index in [0.717, 1.165) is 25.2 Å². The molecule has 3 rings (SSSR count). The smallest absolute Gasteiger partial charge is 0.337 e. The number of anilines is 1. The summed E-state index contributed by atoms with van der Waals surface area (Å²) >= 11 is 12.2. The van der Waals surface area contributed by atoms with Gasteiger partial charge in [-0.25, -0.2) is 9.59 Å². The molecule has 2 amide bonds. The van der Waals surface area contributed by atoms with E-state index in [-0.39, 0.29) is 6.03 Å². The topological polar surface area (TPSA) is 61.9 Å². The number of nitrogens with zero attached hydrogens (tertiary/aromatic N) is 2. The number of carbonyl (C=O) groups is 2. The first-order chi connectivity index (χ1) is 13.5. The molecule has 0 unspecified atom stereocenters. The third-order valence-electron chi connectivity index (χ3n) is 4.63. The zero-order valence-electron chi connectivity index (χ0n) is 15.5. The van der Waals surface area contributed by atoms with Crippen LogP contribution in [0.15, 0.2) is 42.5 Å². The molecule has 1 fully saturated rings. The molecule has 2 aromatic rings. The van der Waals surface area contributed by atoms with Gasteiger partial charge in [-0.15, -0.1) is 0 Å². The van der Waals surface area contributed by atoms with Crippen molar-refractivity contribution in [3.8, 4) is 0 Å². The van der Waals surface area contributed by atoms with Crippen molar-refractivity contribution >= 4 is 40.9 Å². The molecule has 1 saturated heterocycles. The Morgan fingerprint density at radius 1 is 1.04 bits per heavy atom. The third-order valence-corrected chi connectivity index (χ3v) is 5.21. The molecule has 0 atom stereocenters. The Bertz CT molecular complexity index is 850. The van der Waals surface area contributed by atoms with Gasteiger partial charge in [-0.3, -0.25) is 4.90 Å². The zero-order chi connectivity index (χ0) is 20.1. The molecule has 1 N–H and O–H groups in total. The van der Waals surface area contributed by atoms with Crippen molar-refractivity contribution in [1.29, 1.82) is 0 Å². The molecule has 0 bridgehead atoms. The minimum absolute atomic E-state index is 0.157. The number of ether oxygens (including phenoxy) is 1. The Labute approximate surface area is 174 Å². The van der Waals surface area contributed by atoms with Crippen LogP contribution < -0.4 is 5.32 Å². The van der Waals surface area contributed by atoms with Crippen LogP contribution in [0, 0.1) is 0 Å². The number of carbonyl (C=O) groups excluding carboxylic acids is 2. The Balaban J connectivity index is 1.50. The van der Waals surface area contributed by atoms with Crippen molar-refractivity contribution in [2.45, 2.75) is 6.54 Å². The second-order valence-electron chi connectivity index (χ2n) is 6.50. The number of benzene rings is 2. The van der Waals surface area contributed by atoms with E-state index in [1.165, 1.54) is 7.11 Å². The molecule has 0 saturated carbocycles. The van der Waals surface area contributed by atoms with Crippen LogP contribution in [0.4, 0.5) is 10.5 Å². The van der Waals surface area contributed by atoms with Gasteiger partial charge in [-0.05, 0) is 42.0 Å². The number of hydrogen-bond donors (Lipinski definition) is 1. The first-order valence-electron chi connectivity index (χ1n) is 8.87. The Kier molecular flexibility index (Phi) is 6.78. The second-order valence-corrected chi connectivity index (χ2v) is 7.34. The maximum atomic E-state index is 12.5. The first kappa shape index (κ1) is 20.5. The largest absolute Gasteiger partial charge is 0.465 e. The fourth-order valence-electron chi connectivity index (χ4n) is 3.01. The number of hydrogen-bond acceptors (Lipinski definition) is 4. The highest BCUT2D eigenvalue weighted by Crippen LogP contribution is 2.23. The van der Waals surface area contributed by atoms with Gasteiger partial charge in [-0.2, -0.15) is 0 Å². The monoisotopic (exact) mass is 421 g/mol. The van der Waals surface area contributed by atoms with E-state index in [2.05, 4.69) is 15.0 Å². The van der Waals surface area contributed by atoms with E-state index >= 15 is 0 Å². The number of halogens is 2. The molecule has 6 nitrogen and oxygen atoms in total. The van der Waals surface area contributed by atoms with Gasteiger partial charge in [0, 0.05) is 48.5 Å². The lowest BCUT2D eigenvalue weighted by Crippen LogP contribution is -2.49. The molecule has 1 heterocycles. The molecule has 8 heteroatoms. The minimum Gasteiger partial charge on any atom is -0.465 e. The quantitative estimate of drug-likeness (QED) is 0.753. The van der Waals surface area contributed by atoms with E-state index in [0.29, 0.717) is 34.4 Å². The van der Waals surface area contributed by atoms with E-state index < -0.39 is 5.97 Å². The number of esters is 1. The number of nitrogens with one attached hydrogen (secondary N) is 1. The molecule has 0 spiro atoms. The zero-order valence-corrected chi connectivity index (χ0v) is 17.0. The fourth-order valence-corrected chi connectivity index (χ4v) is 3.48. The van der Waals surface area contributed by atoms with Crippen LogP contribution in [0.1, 0.15) is 15.9 Å². The van der Waals surface area contributed by atoms with E-state index in [1.54, 1.807) is 35.2 Å². The van der Waals surface area contributed by atoms with Crippen molar-refractivity contribution in [2.75, 3.05) is 38.6 Å². The summed E-state index contributed by atoms with van der Waals surface area (Å²) in [5.74, 6) is -0.408. The Morgan fingerprint density at radius 3 is 2.32 bits per heavy atom. The van der Waals surface area contributed by atoms with E-state index in [9.17, 15) is 9.59 Å². The lowest BCUT2D eigenvalue weighted by molar-refractivity contribution is 0.0600. The number of rotatable bonds is 4. The van der Waals surface area contributed by atoms with Gasteiger partial charge in [0.2, 0.25) is 0 Å². The number of urea groups is 1. The van der Waals surface area contributed by atoms with Gasteiger partial charge in [0.15, 0.2) is 0 Å². The van der Waals surface area contributed by atoms with Gasteiger partial charge < -0.3 is 15.0 Å².